The monoisotopic (exact) mass is 486 g/mol. The van der Waals surface area contributed by atoms with Crippen molar-refractivity contribution in [2.75, 3.05) is 53.6 Å². The van der Waals surface area contributed by atoms with E-state index in [1.807, 2.05) is 0 Å². The third-order valence-electron chi connectivity index (χ3n) is 6.12. The second-order valence-electron chi connectivity index (χ2n) is 8.07. The van der Waals surface area contributed by atoms with Crippen LogP contribution in [0.2, 0.25) is 5.02 Å². The Hall–Kier alpha value is -3.07. The molecule has 0 bridgehead atoms. The zero-order valence-corrected chi connectivity index (χ0v) is 19.9. The number of hydrogen-bond donors (Lipinski definition) is 1. The normalized spacial score (nSPS) is 20.6. The number of ketones is 1. The SMILES string of the molecule is COc1ccc(/C(O)=C2\C(=O)C(=O)N(CCN3CCOCC3)[C@@H]2c2cccc(Cl)c2)cc1OC. The number of aliphatic hydroxyl groups excluding tert-OH is 1. The largest absolute Gasteiger partial charge is 0.507 e. The molecule has 2 heterocycles. The molecule has 2 aliphatic heterocycles. The predicted molar refractivity (Wildman–Crippen MR) is 127 cm³/mol. The van der Waals surface area contributed by atoms with Gasteiger partial charge in [0.1, 0.15) is 5.76 Å². The van der Waals surface area contributed by atoms with Gasteiger partial charge in [0.15, 0.2) is 11.5 Å². The first-order chi connectivity index (χ1) is 16.4. The van der Waals surface area contributed by atoms with Crippen LogP contribution in [0.3, 0.4) is 0 Å². The Morgan fingerprint density at radius 2 is 1.79 bits per heavy atom. The number of ether oxygens (including phenoxy) is 3. The number of carbonyl (C=O) groups excluding carboxylic acids is 2. The summed E-state index contributed by atoms with van der Waals surface area (Å²) in [7, 11) is 2.99. The van der Waals surface area contributed by atoms with Crippen molar-refractivity contribution in [1.82, 2.24) is 9.80 Å². The lowest BCUT2D eigenvalue weighted by molar-refractivity contribution is -0.140. The Balaban J connectivity index is 1.76. The van der Waals surface area contributed by atoms with Crippen LogP contribution in [-0.2, 0) is 14.3 Å². The Morgan fingerprint density at radius 3 is 2.47 bits per heavy atom. The Morgan fingerprint density at radius 1 is 1.06 bits per heavy atom. The minimum Gasteiger partial charge on any atom is -0.507 e. The molecule has 1 N–H and O–H groups in total. The molecular formula is C25H27ClN2O6. The lowest BCUT2D eigenvalue weighted by atomic mass is 9.95. The molecule has 4 rings (SSSR count). The molecule has 180 valence electrons. The van der Waals surface area contributed by atoms with Crippen LogP contribution in [0.5, 0.6) is 11.5 Å². The van der Waals surface area contributed by atoms with Crippen molar-refractivity contribution in [3.63, 3.8) is 0 Å². The Labute approximate surface area is 203 Å². The highest BCUT2D eigenvalue weighted by Gasteiger charge is 2.46. The highest BCUT2D eigenvalue weighted by atomic mass is 35.5. The average molecular weight is 487 g/mol. The standard InChI is InChI=1S/C25H27ClN2O6/c1-32-19-7-6-17(15-20(19)33-2)23(29)21-22(16-4-3-5-18(26)14-16)28(25(31)24(21)30)9-8-27-10-12-34-13-11-27/h3-7,14-15,22,29H,8-13H2,1-2H3/b23-21+/t22-/m1/s1. The number of nitrogens with zero attached hydrogens (tertiary/aromatic N) is 2. The van der Waals surface area contributed by atoms with E-state index in [2.05, 4.69) is 4.90 Å². The summed E-state index contributed by atoms with van der Waals surface area (Å²) in [6.45, 7) is 3.70. The molecule has 2 aromatic rings. The van der Waals surface area contributed by atoms with E-state index in [-0.39, 0.29) is 11.3 Å². The van der Waals surface area contributed by atoms with Crippen LogP contribution in [0.4, 0.5) is 0 Å². The predicted octanol–water partition coefficient (Wildman–Crippen LogP) is 3.11. The summed E-state index contributed by atoms with van der Waals surface area (Å²) >= 11 is 6.24. The maximum Gasteiger partial charge on any atom is 0.295 e. The number of Topliss-reactive ketones (excluding diaryl/α,β-unsaturated/α-hetero) is 1. The molecule has 0 aliphatic carbocycles. The number of benzene rings is 2. The van der Waals surface area contributed by atoms with Crippen molar-refractivity contribution in [2.45, 2.75) is 6.04 Å². The Bertz CT molecular complexity index is 1110. The van der Waals surface area contributed by atoms with E-state index in [9.17, 15) is 14.7 Å². The molecular weight excluding hydrogens is 460 g/mol. The topological polar surface area (TPSA) is 88.5 Å². The van der Waals surface area contributed by atoms with E-state index < -0.39 is 17.7 Å². The zero-order chi connectivity index (χ0) is 24.2. The summed E-state index contributed by atoms with van der Waals surface area (Å²) in [5.41, 5.74) is 1.01. The number of methoxy groups -OCH3 is 2. The van der Waals surface area contributed by atoms with Gasteiger partial charge in [-0.05, 0) is 35.9 Å². The third-order valence-corrected chi connectivity index (χ3v) is 6.36. The van der Waals surface area contributed by atoms with Crippen molar-refractivity contribution in [1.29, 1.82) is 0 Å². The van der Waals surface area contributed by atoms with Gasteiger partial charge in [0.05, 0.1) is 39.0 Å². The van der Waals surface area contributed by atoms with Crippen LogP contribution in [0, 0.1) is 0 Å². The van der Waals surface area contributed by atoms with Crippen LogP contribution in [0.25, 0.3) is 5.76 Å². The molecule has 9 heteroatoms. The van der Waals surface area contributed by atoms with Gasteiger partial charge in [0.2, 0.25) is 0 Å². The summed E-state index contributed by atoms with van der Waals surface area (Å²) in [5, 5.41) is 11.7. The van der Waals surface area contributed by atoms with Crippen molar-refractivity contribution in [2.24, 2.45) is 0 Å². The van der Waals surface area contributed by atoms with Gasteiger partial charge in [-0.15, -0.1) is 0 Å². The lowest BCUT2D eigenvalue weighted by Crippen LogP contribution is -2.42. The quantitative estimate of drug-likeness (QED) is 0.365. The number of rotatable bonds is 7. The number of amides is 1. The van der Waals surface area contributed by atoms with Gasteiger partial charge in [0.25, 0.3) is 11.7 Å². The highest BCUT2D eigenvalue weighted by Crippen LogP contribution is 2.41. The molecule has 0 saturated carbocycles. The van der Waals surface area contributed by atoms with Crippen molar-refractivity contribution < 1.29 is 28.9 Å². The summed E-state index contributed by atoms with van der Waals surface area (Å²) in [4.78, 5) is 30.0. The van der Waals surface area contributed by atoms with Gasteiger partial charge < -0.3 is 24.2 Å². The first kappa shape index (κ1) is 24.1. The molecule has 0 spiro atoms. The zero-order valence-electron chi connectivity index (χ0n) is 19.1. The van der Waals surface area contributed by atoms with Crippen LogP contribution in [0.1, 0.15) is 17.2 Å². The van der Waals surface area contributed by atoms with Gasteiger partial charge in [-0.3, -0.25) is 14.5 Å². The van der Waals surface area contributed by atoms with Gasteiger partial charge in [-0.2, -0.15) is 0 Å². The van der Waals surface area contributed by atoms with Crippen molar-refractivity contribution in [3.05, 3.63) is 64.2 Å². The van der Waals surface area contributed by atoms with Gasteiger partial charge >= 0.3 is 0 Å². The minimum absolute atomic E-state index is 0.0152. The van der Waals surface area contributed by atoms with E-state index in [0.29, 0.717) is 54.0 Å². The number of aliphatic hydroxyl groups is 1. The maximum absolute atomic E-state index is 13.2. The summed E-state index contributed by atoms with van der Waals surface area (Å²) < 4.78 is 16.0. The number of carbonyl (C=O) groups is 2. The fourth-order valence-corrected chi connectivity index (χ4v) is 4.55. The minimum atomic E-state index is -0.771. The van der Waals surface area contributed by atoms with Gasteiger partial charge in [-0.1, -0.05) is 23.7 Å². The van der Waals surface area contributed by atoms with Gasteiger partial charge in [-0.25, -0.2) is 0 Å². The van der Waals surface area contributed by atoms with E-state index in [1.54, 1.807) is 42.5 Å². The number of hydrogen-bond acceptors (Lipinski definition) is 7. The first-order valence-corrected chi connectivity index (χ1v) is 11.4. The summed E-state index contributed by atoms with van der Waals surface area (Å²) in [5.74, 6) is -0.790. The molecule has 2 fully saturated rings. The summed E-state index contributed by atoms with van der Waals surface area (Å²) in [6.07, 6.45) is 0. The van der Waals surface area contributed by atoms with E-state index in [0.717, 1.165) is 13.1 Å². The summed E-state index contributed by atoms with van der Waals surface area (Å²) in [6, 6.07) is 11.0. The molecule has 2 saturated heterocycles. The highest BCUT2D eigenvalue weighted by molar-refractivity contribution is 6.46. The van der Waals surface area contributed by atoms with E-state index >= 15 is 0 Å². The Kier molecular flexibility index (Phi) is 7.41. The molecule has 0 unspecified atom stereocenters. The third kappa shape index (κ3) is 4.75. The average Bonchev–Trinajstić information content (AvgIpc) is 3.12. The number of likely N-dealkylation sites (tertiary alicyclic amines) is 1. The fraction of sp³-hybridized carbons (Fsp3) is 0.360. The second kappa shape index (κ2) is 10.5. The number of halogens is 1. The van der Waals surface area contributed by atoms with Crippen LogP contribution >= 0.6 is 11.6 Å². The molecule has 2 aliphatic rings. The maximum atomic E-state index is 13.2. The smallest absolute Gasteiger partial charge is 0.295 e. The molecule has 34 heavy (non-hydrogen) atoms. The fourth-order valence-electron chi connectivity index (χ4n) is 4.35. The van der Waals surface area contributed by atoms with Crippen molar-refractivity contribution >= 4 is 29.1 Å². The lowest BCUT2D eigenvalue weighted by Gasteiger charge is -2.31. The van der Waals surface area contributed by atoms with Crippen LogP contribution in [0.15, 0.2) is 48.0 Å². The van der Waals surface area contributed by atoms with Crippen LogP contribution < -0.4 is 9.47 Å². The molecule has 8 nitrogen and oxygen atoms in total. The molecule has 1 amide bonds. The van der Waals surface area contributed by atoms with E-state index in [4.69, 9.17) is 25.8 Å². The first-order valence-electron chi connectivity index (χ1n) is 11.0. The molecule has 2 aromatic carbocycles. The molecule has 0 radical (unpaired) electrons. The number of morpholine rings is 1. The van der Waals surface area contributed by atoms with Crippen LogP contribution in [-0.4, -0.2) is 80.2 Å². The van der Waals surface area contributed by atoms with E-state index in [1.165, 1.54) is 19.1 Å². The molecule has 0 aromatic heterocycles. The molecule has 1 atom stereocenters. The van der Waals surface area contributed by atoms with Crippen molar-refractivity contribution in [3.8, 4) is 11.5 Å². The van der Waals surface area contributed by atoms with Gasteiger partial charge in [0, 0.05) is 36.8 Å². The second-order valence-corrected chi connectivity index (χ2v) is 8.51.